The maximum atomic E-state index is 13.7. The van der Waals surface area contributed by atoms with Crippen LogP contribution in [0.1, 0.15) is 40.6 Å². The molecule has 2 aromatic heterocycles. The van der Waals surface area contributed by atoms with E-state index >= 15 is 0 Å². The molecule has 1 fully saturated rings. The van der Waals surface area contributed by atoms with Crippen molar-refractivity contribution >= 4 is 28.3 Å². The summed E-state index contributed by atoms with van der Waals surface area (Å²) in [6.45, 7) is 0.696. The Balaban J connectivity index is 1.40. The Bertz CT molecular complexity index is 1020. The highest BCUT2D eigenvalue weighted by atomic mass is 32.1. The number of aromatic nitrogens is 2. The quantitative estimate of drug-likeness (QED) is 0.694. The van der Waals surface area contributed by atoms with Crippen molar-refractivity contribution in [2.75, 3.05) is 11.9 Å². The molecule has 0 bridgehead atoms. The van der Waals surface area contributed by atoms with Gasteiger partial charge in [-0.05, 0) is 37.1 Å². The average Bonchev–Trinajstić information content (AvgIpc) is 3.38. The van der Waals surface area contributed by atoms with Gasteiger partial charge in [0.1, 0.15) is 5.82 Å². The van der Waals surface area contributed by atoms with E-state index in [1.807, 2.05) is 23.1 Å². The normalized spacial score (nSPS) is 16.0. The summed E-state index contributed by atoms with van der Waals surface area (Å²) in [5.41, 5.74) is 1.43. The number of nitrogens with zero attached hydrogens (tertiary/aromatic N) is 3. The van der Waals surface area contributed by atoms with Crippen molar-refractivity contribution in [3.63, 3.8) is 0 Å². The van der Waals surface area contributed by atoms with Crippen molar-refractivity contribution in [2.24, 2.45) is 0 Å². The molecule has 1 atom stereocenters. The van der Waals surface area contributed by atoms with Gasteiger partial charge in [-0.1, -0.05) is 18.2 Å². The Kier molecular flexibility index (Phi) is 5.62. The topological polar surface area (TPSA) is 75.2 Å². The van der Waals surface area contributed by atoms with Crippen molar-refractivity contribution in [3.8, 4) is 0 Å². The predicted molar refractivity (Wildman–Crippen MR) is 108 cm³/mol. The van der Waals surface area contributed by atoms with Crippen molar-refractivity contribution in [3.05, 3.63) is 76.8 Å². The van der Waals surface area contributed by atoms with Crippen LogP contribution < -0.4 is 5.32 Å². The molecule has 148 valence electrons. The van der Waals surface area contributed by atoms with Gasteiger partial charge >= 0.3 is 0 Å². The number of carbonyl (C=O) groups excluding carboxylic acids is 2. The number of thiazole rings is 1. The van der Waals surface area contributed by atoms with Gasteiger partial charge in [-0.25, -0.2) is 9.37 Å². The zero-order chi connectivity index (χ0) is 20.2. The maximum absolute atomic E-state index is 13.7. The minimum atomic E-state index is -0.591. The zero-order valence-electron chi connectivity index (χ0n) is 15.5. The first-order chi connectivity index (χ1) is 14.1. The number of carbonyl (C=O) groups is 2. The fourth-order valence-electron chi connectivity index (χ4n) is 3.46. The number of likely N-dealkylation sites (tertiary alicyclic amines) is 1. The summed E-state index contributed by atoms with van der Waals surface area (Å²) in [5.74, 6) is -1.17. The molecule has 4 rings (SSSR count). The van der Waals surface area contributed by atoms with Crippen molar-refractivity contribution in [1.82, 2.24) is 14.9 Å². The second kappa shape index (κ2) is 8.48. The van der Waals surface area contributed by atoms with Crippen LogP contribution in [0.15, 0.2) is 54.0 Å². The largest absolute Gasteiger partial charge is 0.334 e. The molecule has 1 saturated heterocycles. The molecule has 29 heavy (non-hydrogen) atoms. The van der Waals surface area contributed by atoms with E-state index in [-0.39, 0.29) is 23.9 Å². The highest BCUT2D eigenvalue weighted by Gasteiger charge is 2.31. The van der Waals surface area contributed by atoms with E-state index < -0.39 is 11.7 Å². The second-order valence-corrected chi connectivity index (χ2v) is 7.61. The molecule has 2 amide bonds. The summed E-state index contributed by atoms with van der Waals surface area (Å²) < 4.78 is 13.7. The minimum Gasteiger partial charge on any atom is -0.334 e. The molecule has 1 aliphatic rings. The number of halogens is 1. The van der Waals surface area contributed by atoms with Crippen molar-refractivity contribution in [2.45, 2.75) is 25.3 Å². The van der Waals surface area contributed by atoms with Crippen LogP contribution in [0.5, 0.6) is 0 Å². The van der Waals surface area contributed by atoms with Gasteiger partial charge in [0, 0.05) is 18.1 Å². The summed E-state index contributed by atoms with van der Waals surface area (Å²) in [7, 11) is 0. The molecule has 0 saturated carbocycles. The average molecular weight is 410 g/mol. The van der Waals surface area contributed by atoms with Crippen LogP contribution in [0, 0.1) is 5.82 Å². The lowest BCUT2D eigenvalue weighted by atomic mass is 10.1. The lowest BCUT2D eigenvalue weighted by molar-refractivity contribution is -0.131. The van der Waals surface area contributed by atoms with Gasteiger partial charge in [-0.2, -0.15) is 0 Å². The number of nitrogens with one attached hydrogen (secondary N) is 1. The van der Waals surface area contributed by atoms with Crippen molar-refractivity contribution in [1.29, 1.82) is 0 Å². The first-order valence-corrected chi connectivity index (χ1v) is 10.2. The fourth-order valence-corrected chi connectivity index (χ4v) is 4.16. The van der Waals surface area contributed by atoms with E-state index in [4.69, 9.17) is 0 Å². The van der Waals surface area contributed by atoms with Gasteiger partial charge in [0.25, 0.3) is 5.91 Å². The molecule has 1 N–H and O–H groups in total. The molecule has 0 aliphatic carbocycles. The lowest BCUT2D eigenvalue weighted by Gasteiger charge is -2.24. The minimum absolute atomic E-state index is 0.0115. The fraction of sp³-hybridized carbons (Fsp3) is 0.238. The molecular formula is C21H19FN4O2S. The van der Waals surface area contributed by atoms with Gasteiger partial charge < -0.3 is 4.90 Å². The molecule has 8 heteroatoms. The first kappa shape index (κ1) is 19.2. The number of amides is 2. The summed E-state index contributed by atoms with van der Waals surface area (Å²) in [5, 5.41) is 4.66. The first-order valence-electron chi connectivity index (χ1n) is 9.32. The van der Waals surface area contributed by atoms with E-state index in [0.29, 0.717) is 17.4 Å². The lowest BCUT2D eigenvalue weighted by Crippen LogP contribution is -2.32. The molecule has 6 nitrogen and oxygen atoms in total. The molecule has 1 unspecified atom stereocenters. The number of benzene rings is 1. The number of rotatable bonds is 5. The monoisotopic (exact) mass is 410 g/mol. The van der Waals surface area contributed by atoms with E-state index in [9.17, 15) is 14.0 Å². The van der Waals surface area contributed by atoms with Gasteiger partial charge in [-0.3, -0.25) is 19.9 Å². The Labute approximate surface area is 171 Å². The summed E-state index contributed by atoms with van der Waals surface area (Å²) in [6, 6.07) is 11.5. The van der Waals surface area contributed by atoms with Crippen LogP contribution >= 0.6 is 11.3 Å². The second-order valence-electron chi connectivity index (χ2n) is 6.75. The number of hydrogen-bond acceptors (Lipinski definition) is 5. The molecular weight excluding hydrogens is 391 g/mol. The predicted octanol–water partition coefficient (Wildman–Crippen LogP) is 3.84. The molecule has 3 aromatic rings. The molecule has 1 aromatic carbocycles. The SMILES string of the molecule is O=C(Nc1nc(CC(=O)N2CCCC2c2ccccn2)cs1)c1ccccc1F. The Hall–Kier alpha value is -3.13. The van der Waals surface area contributed by atoms with Gasteiger partial charge in [0.05, 0.1) is 29.4 Å². The Morgan fingerprint density at radius 1 is 1.21 bits per heavy atom. The molecule has 1 aliphatic heterocycles. The van der Waals surface area contributed by atoms with Gasteiger partial charge in [-0.15, -0.1) is 11.3 Å². The van der Waals surface area contributed by atoms with Crippen LogP contribution in [0.4, 0.5) is 9.52 Å². The van der Waals surface area contributed by atoms with E-state index in [1.54, 1.807) is 17.6 Å². The zero-order valence-corrected chi connectivity index (χ0v) is 16.4. The van der Waals surface area contributed by atoms with Gasteiger partial charge in [0.2, 0.25) is 5.91 Å². The van der Waals surface area contributed by atoms with E-state index in [1.165, 1.54) is 29.5 Å². The number of pyridine rings is 1. The van der Waals surface area contributed by atoms with Crippen molar-refractivity contribution < 1.29 is 14.0 Å². The van der Waals surface area contributed by atoms with Crippen LogP contribution in [-0.2, 0) is 11.2 Å². The Morgan fingerprint density at radius 3 is 2.83 bits per heavy atom. The summed E-state index contributed by atoms with van der Waals surface area (Å²) in [6.07, 6.45) is 3.72. The van der Waals surface area contributed by atoms with Crippen LogP contribution in [0.2, 0.25) is 0 Å². The number of hydrogen-bond donors (Lipinski definition) is 1. The maximum Gasteiger partial charge on any atom is 0.260 e. The Morgan fingerprint density at radius 2 is 2.03 bits per heavy atom. The molecule has 0 spiro atoms. The molecule has 0 radical (unpaired) electrons. The van der Waals surface area contributed by atoms with Crippen LogP contribution in [-0.4, -0.2) is 33.2 Å². The highest BCUT2D eigenvalue weighted by Crippen LogP contribution is 2.31. The van der Waals surface area contributed by atoms with Crippen LogP contribution in [0.25, 0.3) is 0 Å². The van der Waals surface area contributed by atoms with E-state index in [0.717, 1.165) is 18.5 Å². The third kappa shape index (κ3) is 4.32. The molecule has 3 heterocycles. The smallest absolute Gasteiger partial charge is 0.260 e. The third-order valence-corrected chi connectivity index (χ3v) is 5.63. The summed E-state index contributed by atoms with van der Waals surface area (Å²) in [4.78, 5) is 35.6. The van der Waals surface area contributed by atoms with E-state index in [2.05, 4.69) is 15.3 Å². The third-order valence-electron chi connectivity index (χ3n) is 4.83. The highest BCUT2D eigenvalue weighted by molar-refractivity contribution is 7.14. The van der Waals surface area contributed by atoms with Gasteiger partial charge in [0.15, 0.2) is 5.13 Å². The number of anilines is 1. The standard InChI is InChI=1S/C21H19FN4O2S/c22-16-7-2-1-6-15(16)20(28)25-21-24-14(13-29-21)12-19(27)26-11-5-9-18(26)17-8-3-4-10-23-17/h1-4,6-8,10,13,18H,5,9,11-12H2,(H,24,25,28). The summed E-state index contributed by atoms with van der Waals surface area (Å²) >= 11 is 1.21. The van der Waals surface area contributed by atoms with Crippen LogP contribution in [0.3, 0.4) is 0 Å².